The number of piperazine rings is 1. The van der Waals surface area contributed by atoms with E-state index >= 15 is 4.39 Å². The van der Waals surface area contributed by atoms with Crippen LogP contribution in [0.25, 0.3) is 11.1 Å². The van der Waals surface area contributed by atoms with Gasteiger partial charge in [-0.15, -0.1) is 0 Å². The lowest BCUT2D eigenvalue weighted by atomic mass is 9.89. The summed E-state index contributed by atoms with van der Waals surface area (Å²) in [5.74, 6) is -1.99. The number of aromatic amines is 1. The molecule has 0 saturated carbocycles. The van der Waals surface area contributed by atoms with Crippen molar-refractivity contribution in [3.63, 3.8) is 0 Å². The highest BCUT2D eigenvalue weighted by atomic mass is 19.1. The first-order valence-electron chi connectivity index (χ1n) is 20.6. The van der Waals surface area contributed by atoms with Crippen molar-refractivity contribution in [1.29, 1.82) is 0 Å². The summed E-state index contributed by atoms with van der Waals surface area (Å²) in [6, 6.07) is 20.1. The van der Waals surface area contributed by atoms with Gasteiger partial charge >= 0.3 is 0 Å². The molecule has 12 heteroatoms. The first-order chi connectivity index (χ1) is 28.0. The third-order valence-electron chi connectivity index (χ3n) is 12.1. The van der Waals surface area contributed by atoms with Gasteiger partial charge in [0.1, 0.15) is 5.82 Å². The summed E-state index contributed by atoms with van der Waals surface area (Å²) in [4.78, 5) is 60.5. The number of nitrogens with one attached hydrogen (secondary N) is 3. The molecule has 3 aliphatic heterocycles. The number of hydrogen-bond donors (Lipinski definition) is 3. The van der Waals surface area contributed by atoms with Crippen molar-refractivity contribution in [2.45, 2.75) is 85.0 Å². The number of benzene rings is 3. The normalized spacial score (nSPS) is 18.3. The van der Waals surface area contributed by atoms with E-state index in [9.17, 15) is 19.2 Å². The highest BCUT2D eigenvalue weighted by Crippen LogP contribution is 2.34. The van der Waals surface area contributed by atoms with Gasteiger partial charge in [-0.25, -0.2) is 4.39 Å². The summed E-state index contributed by atoms with van der Waals surface area (Å²) in [5, 5.41) is 5.36. The predicted molar refractivity (Wildman–Crippen MR) is 223 cm³/mol. The van der Waals surface area contributed by atoms with Crippen molar-refractivity contribution in [2.75, 3.05) is 50.8 Å². The molecular weight excluding hydrogens is 736 g/mol. The number of nitrogens with zero attached hydrogens (tertiary/aromatic N) is 3. The maximum atomic E-state index is 15.1. The smallest absolute Gasteiger partial charge is 0.253 e. The molecule has 0 radical (unpaired) electrons. The second kappa shape index (κ2) is 18.2. The largest absolute Gasteiger partial charge is 0.381 e. The number of halogens is 1. The number of aryl methyl sites for hydroxylation is 2. The lowest BCUT2D eigenvalue weighted by Crippen LogP contribution is -2.45. The molecule has 4 aromatic rings. The summed E-state index contributed by atoms with van der Waals surface area (Å²) in [7, 11) is 0. The molecule has 7 rings (SSSR count). The van der Waals surface area contributed by atoms with Gasteiger partial charge in [0, 0.05) is 106 Å². The standard InChI is InChI=1S/C46H55FN6O5/c1-5-53(36-14-20-58-21-15-36)42-25-35(24-39(31(42)4)44(55)48-26-40-29(2)22-30(3)49-46(40)57)34-9-6-32(7-10-34)27-51-16-18-52(19-17-51)28-33-8-11-37(41(47)23-33)38-12-13-43(54)50-45(38)56/h6-11,22-25,36,38H,5,12-21,26-28H2,1-4H3,(H,48,55)(H,49,57)(H,50,54,56). The van der Waals surface area contributed by atoms with Gasteiger partial charge in [-0.3, -0.25) is 34.3 Å². The molecule has 0 aliphatic carbocycles. The summed E-state index contributed by atoms with van der Waals surface area (Å²) < 4.78 is 20.8. The molecule has 3 aliphatic rings. The minimum absolute atomic E-state index is 0.137. The van der Waals surface area contributed by atoms with Crippen LogP contribution in [-0.2, 0) is 34.0 Å². The number of aromatic nitrogens is 1. The molecule has 4 heterocycles. The molecule has 3 saturated heterocycles. The number of H-pyrrole nitrogens is 1. The lowest BCUT2D eigenvalue weighted by Gasteiger charge is -2.37. The maximum Gasteiger partial charge on any atom is 0.253 e. The maximum absolute atomic E-state index is 15.1. The van der Waals surface area contributed by atoms with E-state index in [1.807, 2.05) is 39.0 Å². The molecule has 11 nitrogen and oxygen atoms in total. The van der Waals surface area contributed by atoms with Gasteiger partial charge in [0.2, 0.25) is 11.8 Å². The van der Waals surface area contributed by atoms with Crippen molar-refractivity contribution in [2.24, 2.45) is 0 Å². The van der Waals surface area contributed by atoms with E-state index in [0.717, 1.165) is 105 Å². The Bertz CT molecular complexity index is 2210. The van der Waals surface area contributed by atoms with E-state index in [0.29, 0.717) is 35.7 Å². The van der Waals surface area contributed by atoms with E-state index in [-0.39, 0.29) is 30.3 Å². The van der Waals surface area contributed by atoms with Gasteiger partial charge in [0.25, 0.3) is 11.5 Å². The second-order valence-electron chi connectivity index (χ2n) is 16.0. The predicted octanol–water partition coefficient (Wildman–Crippen LogP) is 5.88. The topological polar surface area (TPSA) is 127 Å². The zero-order chi connectivity index (χ0) is 40.9. The third kappa shape index (κ3) is 9.41. The molecule has 3 N–H and O–H groups in total. The van der Waals surface area contributed by atoms with Gasteiger partial charge in [0.15, 0.2) is 0 Å². The first-order valence-corrected chi connectivity index (χ1v) is 20.6. The van der Waals surface area contributed by atoms with Gasteiger partial charge in [-0.2, -0.15) is 0 Å². The van der Waals surface area contributed by atoms with Crippen LogP contribution in [0.5, 0.6) is 0 Å². The highest BCUT2D eigenvalue weighted by molar-refractivity contribution is 6.01. The summed E-state index contributed by atoms with van der Waals surface area (Å²) >= 11 is 0. The quantitative estimate of drug-likeness (QED) is 0.152. The van der Waals surface area contributed by atoms with Crippen LogP contribution >= 0.6 is 0 Å². The Morgan fingerprint density at radius 1 is 0.862 bits per heavy atom. The molecule has 58 heavy (non-hydrogen) atoms. The van der Waals surface area contributed by atoms with Gasteiger partial charge < -0.3 is 19.9 Å². The van der Waals surface area contributed by atoms with E-state index in [1.165, 1.54) is 11.6 Å². The minimum Gasteiger partial charge on any atom is -0.381 e. The number of hydrogen-bond acceptors (Lipinski definition) is 8. The van der Waals surface area contributed by atoms with Crippen LogP contribution in [0.2, 0.25) is 0 Å². The summed E-state index contributed by atoms with van der Waals surface area (Å²) in [5.41, 5.74) is 8.93. The molecular formula is C46H55FN6O5. The van der Waals surface area contributed by atoms with Crippen molar-refractivity contribution in [3.05, 3.63) is 121 Å². The van der Waals surface area contributed by atoms with Crippen molar-refractivity contribution >= 4 is 23.4 Å². The Hall–Kier alpha value is -5.17. The second-order valence-corrected chi connectivity index (χ2v) is 16.0. The minimum atomic E-state index is -0.635. The van der Waals surface area contributed by atoms with Crippen LogP contribution in [0, 0.1) is 26.6 Å². The lowest BCUT2D eigenvalue weighted by molar-refractivity contribution is -0.134. The summed E-state index contributed by atoms with van der Waals surface area (Å²) in [6.45, 7) is 15.2. The number of carbonyl (C=O) groups excluding carboxylic acids is 3. The number of carbonyl (C=O) groups is 3. The fourth-order valence-electron chi connectivity index (χ4n) is 8.75. The monoisotopic (exact) mass is 790 g/mol. The zero-order valence-electron chi connectivity index (χ0n) is 34.1. The molecule has 3 fully saturated rings. The van der Waals surface area contributed by atoms with Crippen LogP contribution in [0.3, 0.4) is 0 Å². The molecule has 0 spiro atoms. The molecule has 1 unspecified atom stereocenters. The summed E-state index contributed by atoms with van der Waals surface area (Å²) in [6.07, 6.45) is 2.40. The van der Waals surface area contributed by atoms with Crippen LogP contribution < -0.4 is 21.1 Å². The number of amides is 3. The van der Waals surface area contributed by atoms with Crippen molar-refractivity contribution < 1.29 is 23.5 Å². The van der Waals surface area contributed by atoms with E-state index in [4.69, 9.17) is 4.74 Å². The van der Waals surface area contributed by atoms with Crippen LogP contribution in [0.4, 0.5) is 10.1 Å². The first kappa shape index (κ1) is 41.0. The van der Waals surface area contributed by atoms with Crippen LogP contribution in [0.15, 0.2) is 65.5 Å². The Kier molecular flexibility index (Phi) is 12.9. The Balaban J connectivity index is 1.02. The average molecular weight is 791 g/mol. The number of ether oxygens (including phenoxy) is 1. The van der Waals surface area contributed by atoms with Gasteiger partial charge in [0.05, 0.1) is 5.92 Å². The number of rotatable bonds is 12. The van der Waals surface area contributed by atoms with Crippen LogP contribution in [0.1, 0.15) is 88.0 Å². The number of imide groups is 1. The Labute approximate surface area is 340 Å². The van der Waals surface area contributed by atoms with Crippen molar-refractivity contribution in [3.8, 4) is 11.1 Å². The van der Waals surface area contributed by atoms with Gasteiger partial charge in [-0.05, 0) is 105 Å². The van der Waals surface area contributed by atoms with E-state index in [2.05, 4.69) is 67.6 Å². The molecule has 0 bridgehead atoms. The zero-order valence-corrected chi connectivity index (χ0v) is 34.1. The van der Waals surface area contributed by atoms with E-state index in [1.54, 1.807) is 6.07 Å². The fraction of sp³-hybridized carbons (Fsp3) is 0.435. The Morgan fingerprint density at radius 2 is 1.53 bits per heavy atom. The number of piperidine rings is 1. The SMILES string of the molecule is CCN(c1cc(-c2ccc(CN3CCN(Cc4ccc(C5CCC(=O)NC5=O)c(F)c4)CC3)cc2)cc(C(=O)NCc2c(C)cc(C)[nH]c2=O)c1C)C1CCOCC1. The fourth-order valence-corrected chi connectivity index (χ4v) is 8.75. The Morgan fingerprint density at radius 3 is 2.17 bits per heavy atom. The molecule has 3 amide bonds. The highest BCUT2D eigenvalue weighted by Gasteiger charge is 2.30. The third-order valence-corrected chi connectivity index (χ3v) is 12.1. The van der Waals surface area contributed by atoms with Crippen molar-refractivity contribution in [1.82, 2.24) is 25.4 Å². The average Bonchev–Trinajstić information content (AvgIpc) is 3.20. The van der Waals surface area contributed by atoms with E-state index < -0.39 is 17.6 Å². The van der Waals surface area contributed by atoms with Crippen LogP contribution in [-0.4, -0.2) is 84.5 Å². The molecule has 1 aromatic heterocycles. The number of anilines is 1. The van der Waals surface area contributed by atoms with Gasteiger partial charge in [-0.1, -0.05) is 36.4 Å². The molecule has 1 atom stereocenters. The molecule has 3 aromatic carbocycles. The number of pyridine rings is 1. The molecule has 306 valence electrons.